The number of nitrogens with zero attached hydrogens (tertiary/aromatic N) is 7. The lowest BCUT2D eigenvalue weighted by Crippen LogP contribution is -2.40. The molecule has 2 fully saturated rings. The first-order valence-corrected chi connectivity index (χ1v) is 17.6. The maximum atomic E-state index is 15.7. The Hall–Kier alpha value is -2.96. The second-order valence-corrected chi connectivity index (χ2v) is 14.2. The van der Waals surface area contributed by atoms with E-state index in [1.165, 1.54) is 0 Å². The number of aromatic amines is 2. The number of aliphatic hydroxyl groups is 1. The number of aromatic nitrogens is 9. The van der Waals surface area contributed by atoms with Crippen molar-refractivity contribution in [3.63, 3.8) is 0 Å². The molecule has 2 saturated heterocycles. The molecule has 0 radical (unpaired) electrons. The molecule has 6 N–H and O–H groups in total. The molecule has 0 bridgehead atoms. The minimum Gasteiger partial charge on any atom is -0.384 e. The van der Waals surface area contributed by atoms with E-state index < -0.39 is 87.2 Å². The van der Waals surface area contributed by atoms with Gasteiger partial charge < -0.3 is 34.7 Å². The van der Waals surface area contributed by atoms with E-state index >= 15 is 13.2 Å². The quantitative estimate of drug-likeness (QED) is 0.0893. The van der Waals surface area contributed by atoms with Crippen molar-refractivity contribution >= 4 is 66.3 Å². The van der Waals surface area contributed by atoms with Gasteiger partial charge in [-0.1, -0.05) is 5.21 Å². The smallest absolute Gasteiger partial charge is 0.384 e. The van der Waals surface area contributed by atoms with Crippen LogP contribution in [-0.2, 0) is 39.4 Å². The Morgan fingerprint density at radius 2 is 1.96 bits per heavy atom. The van der Waals surface area contributed by atoms with Crippen LogP contribution >= 0.6 is 26.2 Å². The number of ether oxygens (including phenoxy) is 2. The van der Waals surface area contributed by atoms with Gasteiger partial charge >= 0.3 is 19.9 Å². The Labute approximate surface area is 262 Å². The number of imidazole rings is 1. The summed E-state index contributed by atoms with van der Waals surface area (Å²) < 4.78 is 85.2. The molecular weight excluding hydrogens is 711 g/mol. The Morgan fingerprint density at radius 1 is 1.20 bits per heavy atom. The maximum Gasteiger partial charge on any atom is 0.582 e. The number of H-pyrrole nitrogens is 2. The Kier molecular flexibility index (Phi) is 8.77. The Bertz CT molecular complexity index is 1980. The summed E-state index contributed by atoms with van der Waals surface area (Å²) in [5.74, 6) is -4.36. The van der Waals surface area contributed by atoms with Crippen LogP contribution in [0.5, 0.6) is 0 Å². The van der Waals surface area contributed by atoms with Crippen LogP contribution in [0, 0.1) is 0 Å². The van der Waals surface area contributed by atoms with Crippen molar-refractivity contribution in [1.29, 1.82) is 0 Å². The van der Waals surface area contributed by atoms with Gasteiger partial charge in [-0.15, -0.1) is 9.62 Å². The van der Waals surface area contributed by atoms with Crippen LogP contribution in [0.1, 0.15) is 12.5 Å². The number of halogens is 3. The molecule has 0 aliphatic carbocycles. The van der Waals surface area contributed by atoms with Gasteiger partial charge in [0, 0.05) is 0 Å². The lowest BCUT2D eigenvalue weighted by Gasteiger charge is -2.26. The van der Waals surface area contributed by atoms with Crippen molar-refractivity contribution in [2.24, 2.45) is 0 Å². The SMILES string of the molecule is Nc1nc2c(ncn2[C@@H]2O[C@H](CO[P+](=O)S)[C@@H](F)[C@H]2OP(O)(=S)OC[C@H]2O[C@@H](n3nnc4c(=O)[nH]cnc43)C(F)(F)[C@@H]2O)c(=O)[nH]1. The highest BCUT2D eigenvalue weighted by Gasteiger charge is 2.61. The third-order valence-electron chi connectivity index (χ3n) is 6.86. The van der Waals surface area contributed by atoms with Crippen LogP contribution < -0.4 is 16.9 Å². The maximum absolute atomic E-state index is 15.7. The molecule has 0 amide bonds. The van der Waals surface area contributed by atoms with E-state index in [4.69, 9.17) is 40.6 Å². The van der Waals surface area contributed by atoms with E-state index in [0.29, 0.717) is 4.68 Å². The standard InChI is InChI=1S/C19H19F3N10O10P2S2/c20-7-5(1-38-43(36)45)40-16(31-4-26-8-13(31)27-18(23)28-15(8)35)10(7)42-44(37,46)39-2-6-11(33)19(21,22)17(41-6)32-12-9(29-30-32)14(34)25-3-24-12/h3-7,10-11,16-17,33H,1-2H2,(H5-,23,24,25,27,28,30,34,35,36,37,45,46)/p+1/t5-,6-,7-,10-,11-,16-,17-,44?/m1/s1. The van der Waals surface area contributed by atoms with Gasteiger partial charge in [-0.25, -0.2) is 14.4 Å². The van der Waals surface area contributed by atoms with Gasteiger partial charge in [0.1, 0.15) is 37.2 Å². The first-order chi connectivity index (χ1) is 21.7. The normalized spacial score (nSPS) is 29.4. The third-order valence-corrected chi connectivity index (χ3v) is 9.14. The predicted molar refractivity (Wildman–Crippen MR) is 152 cm³/mol. The summed E-state index contributed by atoms with van der Waals surface area (Å²) in [7, 11) is -2.48. The first kappa shape index (κ1) is 33.0. The topological polar surface area (TPSA) is 270 Å². The van der Waals surface area contributed by atoms with E-state index in [0.717, 1.165) is 17.2 Å². The molecule has 2 unspecified atom stereocenters. The van der Waals surface area contributed by atoms with Gasteiger partial charge in [-0.2, -0.15) is 18.4 Å². The molecule has 4 aromatic heterocycles. The number of hydrogen-bond acceptors (Lipinski definition) is 16. The number of anilines is 1. The van der Waals surface area contributed by atoms with Gasteiger partial charge in [0.05, 0.1) is 19.3 Å². The van der Waals surface area contributed by atoms with E-state index in [1.807, 2.05) is 0 Å². The average Bonchev–Trinajstić information content (AvgIpc) is 3.72. The molecule has 6 heterocycles. The van der Waals surface area contributed by atoms with E-state index in [2.05, 4.69) is 47.5 Å². The highest BCUT2D eigenvalue weighted by atomic mass is 32.7. The van der Waals surface area contributed by atoms with Crippen molar-refractivity contribution < 1.29 is 50.8 Å². The third kappa shape index (κ3) is 5.96. The number of nitrogen functional groups attached to an aromatic ring is 1. The van der Waals surface area contributed by atoms with Crippen molar-refractivity contribution in [1.82, 2.24) is 44.5 Å². The molecule has 27 heteroatoms. The van der Waals surface area contributed by atoms with Crippen LogP contribution in [0.4, 0.5) is 19.1 Å². The summed E-state index contributed by atoms with van der Waals surface area (Å²) in [6, 6.07) is 0. The van der Waals surface area contributed by atoms with Crippen LogP contribution in [0.2, 0.25) is 0 Å². The number of hydrogen-bond donors (Lipinski definition) is 6. The number of rotatable bonds is 10. The van der Waals surface area contributed by atoms with Gasteiger partial charge in [-0.05, 0) is 16.4 Å². The van der Waals surface area contributed by atoms with Gasteiger partial charge in [0.15, 0.2) is 40.8 Å². The molecule has 0 saturated carbocycles. The highest BCUT2D eigenvalue weighted by Crippen LogP contribution is 2.52. The predicted octanol–water partition coefficient (Wildman–Crippen LogP) is -0.419. The summed E-state index contributed by atoms with van der Waals surface area (Å²) in [6.07, 6.45) is -11.8. The minimum absolute atomic E-state index is 0.172. The molecular formula is C19H20F3N10O10P2S2+. The summed E-state index contributed by atoms with van der Waals surface area (Å²) in [5.41, 5.74) is 3.00. The Balaban J connectivity index is 1.22. The number of alkyl halides is 3. The molecule has 248 valence electrons. The van der Waals surface area contributed by atoms with Gasteiger partial charge in [0.2, 0.25) is 12.2 Å². The van der Waals surface area contributed by atoms with Crippen molar-refractivity contribution in [2.75, 3.05) is 18.9 Å². The Morgan fingerprint density at radius 3 is 2.70 bits per heavy atom. The van der Waals surface area contributed by atoms with Crippen LogP contribution in [0.25, 0.3) is 22.3 Å². The second-order valence-electron chi connectivity index (χ2n) is 9.74. The van der Waals surface area contributed by atoms with Gasteiger partial charge in [-0.3, -0.25) is 23.7 Å². The molecule has 2 aliphatic heterocycles. The fourth-order valence-corrected chi connectivity index (χ4v) is 6.67. The highest BCUT2D eigenvalue weighted by molar-refractivity contribution is 8.39. The molecule has 46 heavy (non-hydrogen) atoms. The second kappa shape index (κ2) is 12.2. The fourth-order valence-electron chi connectivity index (χ4n) is 4.79. The van der Waals surface area contributed by atoms with E-state index in [1.54, 1.807) is 0 Å². The van der Waals surface area contributed by atoms with Gasteiger partial charge in [0.25, 0.3) is 11.1 Å². The summed E-state index contributed by atoms with van der Waals surface area (Å²) in [4.78, 5) is 51.1. The van der Waals surface area contributed by atoms with Crippen molar-refractivity contribution in [2.45, 2.75) is 49.0 Å². The number of aliphatic hydroxyl groups excluding tert-OH is 1. The summed E-state index contributed by atoms with van der Waals surface area (Å²) in [6.45, 7) is -6.19. The van der Waals surface area contributed by atoms with E-state index in [9.17, 15) is 24.2 Å². The minimum atomic E-state index is -4.58. The zero-order valence-corrected chi connectivity index (χ0v) is 25.9. The average molecular weight is 732 g/mol. The molecule has 6 rings (SSSR count). The monoisotopic (exact) mass is 731 g/mol. The molecule has 2 aliphatic rings. The van der Waals surface area contributed by atoms with Crippen LogP contribution in [-0.4, -0.2) is 104 Å². The summed E-state index contributed by atoms with van der Waals surface area (Å²) in [5, 5.41) is 17.4. The van der Waals surface area contributed by atoms with Crippen LogP contribution in [0.3, 0.4) is 0 Å². The fraction of sp³-hybridized carbons (Fsp3) is 0.526. The molecule has 9 atom stereocenters. The van der Waals surface area contributed by atoms with Crippen molar-refractivity contribution in [3.05, 3.63) is 33.4 Å². The van der Waals surface area contributed by atoms with Crippen molar-refractivity contribution in [3.8, 4) is 0 Å². The zero-order valence-electron chi connectivity index (χ0n) is 22.4. The number of thiol groups is 1. The largest absolute Gasteiger partial charge is 0.582 e. The van der Waals surface area contributed by atoms with Crippen LogP contribution in [0.15, 0.2) is 22.2 Å². The zero-order chi connectivity index (χ0) is 33.1. The molecule has 0 spiro atoms. The molecule has 4 aromatic rings. The molecule has 20 nitrogen and oxygen atoms in total. The number of nitrogens with one attached hydrogen (secondary N) is 2. The number of nitrogens with two attached hydrogens (primary N) is 1. The molecule has 0 aromatic carbocycles. The lowest BCUT2D eigenvalue weighted by molar-refractivity contribution is -0.142. The summed E-state index contributed by atoms with van der Waals surface area (Å²) >= 11 is 8.61. The lowest BCUT2D eigenvalue weighted by atomic mass is 10.1. The van der Waals surface area contributed by atoms with E-state index in [-0.39, 0.29) is 28.3 Å². The first-order valence-electron chi connectivity index (χ1n) is 12.6. The number of fused-ring (bicyclic) bond motifs is 2.